The number of rotatable bonds is 6. The molecule has 0 radical (unpaired) electrons. The third-order valence-electron chi connectivity index (χ3n) is 2.35. The molecule has 22 heavy (non-hydrogen) atoms. The molecule has 0 aliphatic heterocycles. The van der Waals surface area contributed by atoms with Crippen LogP contribution in [0.15, 0.2) is 41.1 Å². The van der Waals surface area contributed by atoms with Gasteiger partial charge < -0.3 is 18.7 Å². The number of alkyl halides is 3. The maximum atomic E-state index is 12.0. The molecule has 0 saturated heterocycles. The van der Waals surface area contributed by atoms with Crippen molar-refractivity contribution in [3.8, 4) is 5.75 Å². The first-order valence-corrected chi connectivity index (χ1v) is 5.94. The highest BCUT2D eigenvalue weighted by atomic mass is 19.4. The van der Waals surface area contributed by atoms with E-state index >= 15 is 0 Å². The second-order valence-electron chi connectivity index (χ2n) is 3.97. The Labute approximate surface area is 122 Å². The van der Waals surface area contributed by atoms with Gasteiger partial charge in [-0.1, -0.05) is 17.3 Å². The molecule has 6 nitrogen and oxygen atoms in total. The number of benzene rings is 1. The van der Waals surface area contributed by atoms with Gasteiger partial charge in [-0.2, -0.15) is 0 Å². The van der Waals surface area contributed by atoms with Gasteiger partial charge in [-0.15, -0.1) is 13.2 Å². The van der Waals surface area contributed by atoms with Crippen molar-refractivity contribution in [3.05, 3.63) is 47.9 Å². The Bertz CT molecular complexity index is 595. The number of ether oxygens (including phenoxy) is 3. The van der Waals surface area contributed by atoms with E-state index in [0.29, 0.717) is 5.56 Å². The minimum atomic E-state index is -4.73. The fourth-order valence-corrected chi connectivity index (χ4v) is 1.43. The van der Waals surface area contributed by atoms with Crippen molar-refractivity contribution in [2.45, 2.75) is 13.0 Å². The summed E-state index contributed by atoms with van der Waals surface area (Å²) < 4.78 is 53.9. The van der Waals surface area contributed by atoms with Crippen molar-refractivity contribution >= 4 is 5.97 Å². The lowest BCUT2D eigenvalue weighted by Crippen LogP contribution is -2.17. The number of hydrogen-bond acceptors (Lipinski definition) is 6. The number of carbonyl (C=O) groups excluding carboxylic acids is 1. The maximum Gasteiger partial charge on any atom is 0.573 e. The summed E-state index contributed by atoms with van der Waals surface area (Å²) in [5.74, 6) is -1.03. The highest BCUT2D eigenvalue weighted by Crippen LogP contribution is 2.22. The van der Waals surface area contributed by atoms with Crippen molar-refractivity contribution < 1.29 is 36.7 Å². The largest absolute Gasteiger partial charge is 0.573 e. The number of halogens is 3. The van der Waals surface area contributed by atoms with Crippen molar-refractivity contribution in [1.29, 1.82) is 0 Å². The van der Waals surface area contributed by atoms with Crippen LogP contribution in [0.5, 0.6) is 5.75 Å². The van der Waals surface area contributed by atoms with Gasteiger partial charge in [-0.25, -0.2) is 4.79 Å². The van der Waals surface area contributed by atoms with Gasteiger partial charge in [0, 0.05) is 6.07 Å². The second kappa shape index (κ2) is 6.94. The van der Waals surface area contributed by atoms with Crippen molar-refractivity contribution in [2.75, 3.05) is 6.79 Å². The van der Waals surface area contributed by atoms with Gasteiger partial charge in [0.25, 0.3) is 0 Å². The predicted octanol–water partition coefficient (Wildman–Crippen LogP) is 2.90. The summed E-state index contributed by atoms with van der Waals surface area (Å²) in [6, 6.07) is 6.46. The van der Waals surface area contributed by atoms with Crippen LogP contribution < -0.4 is 4.74 Å². The summed E-state index contributed by atoms with van der Waals surface area (Å²) in [4.78, 5) is 11.3. The molecule has 118 valence electrons. The molecule has 0 saturated carbocycles. The van der Waals surface area contributed by atoms with Crippen LogP contribution in [0, 0.1) is 0 Å². The first-order chi connectivity index (χ1) is 10.4. The van der Waals surface area contributed by atoms with E-state index < -0.39 is 12.3 Å². The molecular formula is C13H10F3NO5. The summed E-state index contributed by atoms with van der Waals surface area (Å²) in [6.45, 7) is -0.273. The molecule has 9 heteroatoms. The summed E-state index contributed by atoms with van der Waals surface area (Å²) in [5, 5.41) is 3.38. The normalized spacial score (nSPS) is 11.2. The molecular weight excluding hydrogens is 307 g/mol. The van der Waals surface area contributed by atoms with E-state index in [1.807, 2.05) is 0 Å². The molecule has 0 aliphatic rings. The fraction of sp³-hybridized carbons (Fsp3) is 0.231. The highest BCUT2D eigenvalue weighted by molar-refractivity contribution is 5.86. The van der Waals surface area contributed by atoms with Crippen LogP contribution in [0.4, 0.5) is 13.2 Å². The highest BCUT2D eigenvalue weighted by Gasteiger charge is 2.30. The van der Waals surface area contributed by atoms with Crippen LogP contribution in [0.1, 0.15) is 16.1 Å². The monoisotopic (exact) mass is 317 g/mol. The predicted molar refractivity (Wildman–Crippen MR) is 64.7 cm³/mol. The van der Waals surface area contributed by atoms with E-state index in [9.17, 15) is 18.0 Å². The zero-order valence-corrected chi connectivity index (χ0v) is 11.0. The van der Waals surface area contributed by atoms with Crippen LogP contribution in [0.25, 0.3) is 0 Å². The SMILES string of the molecule is O=C(OCOCc1ccc(OC(F)(F)F)cc1)c1ccon1. The number of aromatic nitrogens is 1. The third-order valence-corrected chi connectivity index (χ3v) is 2.35. The zero-order chi connectivity index (χ0) is 16.0. The summed E-state index contributed by atoms with van der Waals surface area (Å²) in [6.07, 6.45) is -3.50. The van der Waals surface area contributed by atoms with Gasteiger partial charge in [0.05, 0.1) is 6.61 Å². The minimum absolute atomic E-state index is 0.0113. The molecule has 2 aromatic rings. The summed E-state index contributed by atoms with van der Waals surface area (Å²) >= 11 is 0. The average Bonchev–Trinajstić information content (AvgIpc) is 2.97. The number of nitrogens with zero attached hydrogens (tertiary/aromatic N) is 1. The molecule has 0 unspecified atom stereocenters. The smallest absolute Gasteiger partial charge is 0.434 e. The quantitative estimate of drug-likeness (QED) is 0.463. The number of carbonyl (C=O) groups is 1. The van der Waals surface area contributed by atoms with Crippen LogP contribution in [-0.2, 0) is 16.1 Å². The van der Waals surface area contributed by atoms with E-state index in [-0.39, 0.29) is 24.8 Å². The van der Waals surface area contributed by atoms with Crippen LogP contribution >= 0.6 is 0 Å². The minimum Gasteiger partial charge on any atom is -0.434 e. The Morgan fingerprint density at radius 2 is 1.91 bits per heavy atom. The molecule has 0 amide bonds. The van der Waals surface area contributed by atoms with Gasteiger partial charge in [0.2, 0.25) is 0 Å². The lowest BCUT2D eigenvalue weighted by atomic mass is 10.2. The van der Waals surface area contributed by atoms with Crippen molar-refractivity contribution in [3.63, 3.8) is 0 Å². The maximum absolute atomic E-state index is 12.0. The van der Waals surface area contributed by atoms with Crippen molar-refractivity contribution in [1.82, 2.24) is 5.16 Å². The number of hydrogen-bond donors (Lipinski definition) is 0. The molecule has 2 rings (SSSR count). The van der Waals surface area contributed by atoms with E-state index in [2.05, 4.69) is 14.4 Å². The second-order valence-corrected chi connectivity index (χ2v) is 3.97. The molecule has 0 N–H and O–H groups in total. The van der Waals surface area contributed by atoms with E-state index in [1.165, 1.54) is 24.5 Å². The molecule has 1 aromatic heterocycles. The van der Waals surface area contributed by atoms with Gasteiger partial charge in [-0.3, -0.25) is 0 Å². The molecule has 0 aliphatic carbocycles. The standard InChI is InChI=1S/C13H10F3NO5/c14-13(15,16)22-10-3-1-9(2-4-10)7-19-8-20-12(18)11-5-6-21-17-11/h1-6H,7-8H2. The van der Waals surface area contributed by atoms with Gasteiger partial charge >= 0.3 is 12.3 Å². The summed E-state index contributed by atoms with van der Waals surface area (Å²) in [7, 11) is 0. The average molecular weight is 317 g/mol. The Balaban J connectivity index is 1.72. The Kier molecular flexibility index (Phi) is 4.99. The van der Waals surface area contributed by atoms with Crippen molar-refractivity contribution in [2.24, 2.45) is 0 Å². The Morgan fingerprint density at radius 1 is 1.18 bits per heavy atom. The molecule has 0 fully saturated rings. The lowest BCUT2D eigenvalue weighted by molar-refractivity contribution is -0.274. The van der Waals surface area contributed by atoms with E-state index in [4.69, 9.17) is 9.47 Å². The molecule has 0 spiro atoms. The topological polar surface area (TPSA) is 70.8 Å². The van der Waals surface area contributed by atoms with Gasteiger partial charge in [0.1, 0.15) is 12.0 Å². The van der Waals surface area contributed by atoms with Gasteiger partial charge in [-0.05, 0) is 17.7 Å². The van der Waals surface area contributed by atoms with Gasteiger partial charge in [0.15, 0.2) is 12.5 Å². The summed E-state index contributed by atoms with van der Waals surface area (Å²) in [5.41, 5.74) is 0.601. The Hall–Kier alpha value is -2.55. The van der Waals surface area contributed by atoms with E-state index in [0.717, 1.165) is 12.1 Å². The van der Waals surface area contributed by atoms with Crippen LogP contribution in [-0.4, -0.2) is 24.3 Å². The number of esters is 1. The third kappa shape index (κ3) is 5.09. The first-order valence-electron chi connectivity index (χ1n) is 5.94. The lowest BCUT2D eigenvalue weighted by Gasteiger charge is -2.09. The zero-order valence-electron chi connectivity index (χ0n) is 11.0. The fourth-order valence-electron chi connectivity index (χ4n) is 1.43. The first kappa shape index (κ1) is 15.8. The van der Waals surface area contributed by atoms with Crippen LogP contribution in [0.2, 0.25) is 0 Å². The van der Waals surface area contributed by atoms with E-state index in [1.54, 1.807) is 0 Å². The molecule has 1 aromatic carbocycles. The molecule has 1 heterocycles. The molecule has 0 atom stereocenters. The Morgan fingerprint density at radius 3 is 2.50 bits per heavy atom. The van der Waals surface area contributed by atoms with Crippen LogP contribution in [0.3, 0.4) is 0 Å². The molecule has 0 bridgehead atoms.